The fourth-order valence-electron chi connectivity index (χ4n) is 1.59. The SMILES string of the molecule is CCCOc1ccc(-c2nc(O)c(C)c(=O)[nH]2)cc1. The van der Waals surface area contributed by atoms with Gasteiger partial charge in [0.15, 0.2) is 0 Å². The second-order valence-corrected chi connectivity index (χ2v) is 4.24. The van der Waals surface area contributed by atoms with Crippen molar-refractivity contribution >= 4 is 0 Å². The second kappa shape index (κ2) is 5.56. The minimum Gasteiger partial charge on any atom is -0.494 e. The highest BCUT2D eigenvalue weighted by Gasteiger charge is 2.07. The Kier molecular flexibility index (Phi) is 3.85. The summed E-state index contributed by atoms with van der Waals surface area (Å²) >= 11 is 0. The maximum absolute atomic E-state index is 11.6. The average molecular weight is 260 g/mol. The summed E-state index contributed by atoms with van der Waals surface area (Å²) < 4.78 is 5.47. The molecular formula is C14H16N2O3. The largest absolute Gasteiger partial charge is 0.494 e. The normalized spacial score (nSPS) is 10.4. The number of nitrogens with zero attached hydrogens (tertiary/aromatic N) is 1. The van der Waals surface area contributed by atoms with Crippen molar-refractivity contribution in [1.29, 1.82) is 0 Å². The number of ether oxygens (including phenoxy) is 1. The van der Waals surface area contributed by atoms with Crippen LogP contribution in [0.25, 0.3) is 11.4 Å². The van der Waals surface area contributed by atoms with E-state index in [1.54, 1.807) is 12.1 Å². The van der Waals surface area contributed by atoms with Gasteiger partial charge in [-0.15, -0.1) is 0 Å². The average Bonchev–Trinajstić information content (AvgIpc) is 2.42. The van der Waals surface area contributed by atoms with Crippen LogP contribution in [0.1, 0.15) is 18.9 Å². The first kappa shape index (κ1) is 13.1. The number of aromatic amines is 1. The molecule has 0 spiro atoms. The van der Waals surface area contributed by atoms with Crippen molar-refractivity contribution in [2.75, 3.05) is 6.61 Å². The maximum atomic E-state index is 11.6. The van der Waals surface area contributed by atoms with Gasteiger partial charge in [0.1, 0.15) is 11.6 Å². The predicted octanol–water partition coefficient (Wildman–Crippen LogP) is 2.24. The number of benzene rings is 1. The highest BCUT2D eigenvalue weighted by Crippen LogP contribution is 2.20. The molecule has 0 aliphatic carbocycles. The lowest BCUT2D eigenvalue weighted by atomic mass is 10.2. The lowest BCUT2D eigenvalue weighted by Crippen LogP contribution is -2.12. The van der Waals surface area contributed by atoms with E-state index in [0.29, 0.717) is 12.4 Å². The van der Waals surface area contributed by atoms with Crippen LogP contribution >= 0.6 is 0 Å². The molecule has 0 radical (unpaired) electrons. The minimum atomic E-state index is -0.339. The molecular weight excluding hydrogens is 244 g/mol. The van der Waals surface area contributed by atoms with Gasteiger partial charge in [-0.25, -0.2) is 0 Å². The van der Waals surface area contributed by atoms with Gasteiger partial charge in [0.25, 0.3) is 5.56 Å². The van der Waals surface area contributed by atoms with Gasteiger partial charge in [-0.05, 0) is 37.6 Å². The topological polar surface area (TPSA) is 75.2 Å². The van der Waals surface area contributed by atoms with Crippen LogP contribution in [0.2, 0.25) is 0 Å². The zero-order valence-corrected chi connectivity index (χ0v) is 10.9. The molecule has 0 amide bonds. The molecule has 2 N–H and O–H groups in total. The molecule has 1 heterocycles. The lowest BCUT2D eigenvalue weighted by Gasteiger charge is -2.06. The monoisotopic (exact) mass is 260 g/mol. The van der Waals surface area contributed by atoms with Gasteiger partial charge in [-0.1, -0.05) is 6.92 Å². The molecule has 1 aromatic heterocycles. The van der Waals surface area contributed by atoms with Gasteiger partial charge in [0.05, 0.1) is 12.2 Å². The van der Waals surface area contributed by atoms with Crippen LogP contribution in [0.15, 0.2) is 29.1 Å². The van der Waals surface area contributed by atoms with E-state index in [2.05, 4.69) is 9.97 Å². The Hall–Kier alpha value is -2.30. The van der Waals surface area contributed by atoms with E-state index >= 15 is 0 Å². The molecule has 0 bridgehead atoms. The van der Waals surface area contributed by atoms with E-state index in [4.69, 9.17) is 4.74 Å². The molecule has 100 valence electrons. The molecule has 0 unspecified atom stereocenters. The standard InChI is InChI=1S/C14H16N2O3/c1-3-8-19-11-6-4-10(5-7-11)12-15-13(17)9(2)14(18)16-12/h4-7H,3,8H2,1-2H3,(H2,15,16,17,18). The zero-order valence-electron chi connectivity index (χ0n) is 10.9. The van der Waals surface area contributed by atoms with Gasteiger partial charge >= 0.3 is 0 Å². The van der Waals surface area contributed by atoms with E-state index < -0.39 is 0 Å². The van der Waals surface area contributed by atoms with Crippen LogP contribution in [0.3, 0.4) is 0 Å². The van der Waals surface area contributed by atoms with Crippen molar-refractivity contribution in [3.63, 3.8) is 0 Å². The summed E-state index contributed by atoms with van der Waals surface area (Å²) in [5.41, 5.74) is 0.594. The molecule has 1 aromatic carbocycles. The summed E-state index contributed by atoms with van der Waals surface area (Å²) in [5, 5.41) is 9.56. The number of hydrogen-bond donors (Lipinski definition) is 2. The zero-order chi connectivity index (χ0) is 13.8. The Labute approximate surface area is 110 Å². The van der Waals surface area contributed by atoms with E-state index in [1.165, 1.54) is 6.92 Å². The van der Waals surface area contributed by atoms with Crippen molar-refractivity contribution in [1.82, 2.24) is 9.97 Å². The Balaban J connectivity index is 2.30. The fourth-order valence-corrected chi connectivity index (χ4v) is 1.59. The van der Waals surface area contributed by atoms with Crippen molar-refractivity contribution in [2.24, 2.45) is 0 Å². The molecule has 19 heavy (non-hydrogen) atoms. The first-order valence-electron chi connectivity index (χ1n) is 6.15. The molecule has 5 heteroatoms. The van der Waals surface area contributed by atoms with Crippen LogP contribution in [0.4, 0.5) is 0 Å². The highest BCUT2D eigenvalue weighted by atomic mass is 16.5. The Bertz CT molecular complexity index is 618. The summed E-state index contributed by atoms with van der Waals surface area (Å²) in [6.45, 7) is 4.23. The number of hydrogen-bond acceptors (Lipinski definition) is 4. The molecule has 0 saturated heterocycles. The number of aromatic nitrogens is 2. The quantitative estimate of drug-likeness (QED) is 0.884. The van der Waals surface area contributed by atoms with Gasteiger partial charge < -0.3 is 14.8 Å². The minimum absolute atomic E-state index is 0.214. The summed E-state index contributed by atoms with van der Waals surface area (Å²) in [6, 6.07) is 7.19. The van der Waals surface area contributed by atoms with Crippen LogP contribution < -0.4 is 10.3 Å². The van der Waals surface area contributed by atoms with Crippen LogP contribution in [0.5, 0.6) is 11.6 Å². The smallest absolute Gasteiger partial charge is 0.257 e. The third-order valence-corrected chi connectivity index (χ3v) is 2.73. The van der Waals surface area contributed by atoms with E-state index in [0.717, 1.165) is 17.7 Å². The Morgan fingerprint density at radius 2 is 2.00 bits per heavy atom. The number of H-pyrrole nitrogens is 1. The van der Waals surface area contributed by atoms with E-state index in [1.807, 2.05) is 19.1 Å². The van der Waals surface area contributed by atoms with Crippen molar-refractivity contribution in [2.45, 2.75) is 20.3 Å². The molecule has 0 aliphatic rings. The summed E-state index contributed by atoms with van der Waals surface area (Å²) in [7, 11) is 0. The summed E-state index contributed by atoms with van der Waals surface area (Å²) in [5.74, 6) is 0.865. The lowest BCUT2D eigenvalue weighted by molar-refractivity contribution is 0.317. The van der Waals surface area contributed by atoms with Gasteiger partial charge in [0.2, 0.25) is 5.88 Å². The van der Waals surface area contributed by atoms with Crippen LogP contribution in [-0.4, -0.2) is 21.7 Å². The maximum Gasteiger partial charge on any atom is 0.257 e. The first-order valence-corrected chi connectivity index (χ1v) is 6.15. The first-order chi connectivity index (χ1) is 9.11. The van der Waals surface area contributed by atoms with Gasteiger partial charge in [-0.3, -0.25) is 4.79 Å². The van der Waals surface area contributed by atoms with Gasteiger partial charge in [0, 0.05) is 5.56 Å². The van der Waals surface area contributed by atoms with E-state index in [-0.39, 0.29) is 17.0 Å². The number of nitrogens with one attached hydrogen (secondary N) is 1. The van der Waals surface area contributed by atoms with Crippen LogP contribution in [0, 0.1) is 6.92 Å². The molecule has 0 aliphatic heterocycles. The van der Waals surface area contributed by atoms with Crippen molar-refractivity contribution in [3.8, 4) is 23.0 Å². The molecule has 2 rings (SSSR count). The predicted molar refractivity (Wildman–Crippen MR) is 72.5 cm³/mol. The Morgan fingerprint density at radius 1 is 1.32 bits per heavy atom. The number of rotatable bonds is 4. The Morgan fingerprint density at radius 3 is 2.58 bits per heavy atom. The highest BCUT2D eigenvalue weighted by molar-refractivity contribution is 5.56. The number of aromatic hydroxyl groups is 1. The van der Waals surface area contributed by atoms with Crippen LogP contribution in [-0.2, 0) is 0 Å². The van der Waals surface area contributed by atoms with Gasteiger partial charge in [-0.2, -0.15) is 4.98 Å². The third-order valence-electron chi connectivity index (χ3n) is 2.73. The molecule has 5 nitrogen and oxygen atoms in total. The van der Waals surface area contributed by atoms with Crippen molar-refractivity contribution in [3.05, 3.63) is 40.2 Å². The summed E-state index contributed by atoms with van der Waals surface area (Å²) in [6.07, 6.45) is 0.947. The summed E-state index contributed by atoms with van der Waals surface area (Å²) in [4.78, 5) is 18.1. The third kappa shape index (κ3) is 2.93. The molecule has 0 saturated carbocycles. The fraction of sp³-hybridized carbons (Fsp3) is 0.286. The van der Waals surface area contributed by atoms with E-state index in [9.17, 15) is 9.90 Å². The molecule has 0 atom stereocenters. The molecule has 2 aromatic rings. The molecule has 0 fully saturated rings. The van der Waals surface area contributed by atoms with Crippen molar-refractivity contribution < 1.29 is 9.84 Å². The second-order valence-electron chi connectivity index (χ2n) is 4.24.